The third kappa shape index (κ3) is 2.43. The molecule has 0 spiro atoms. The molecule has 0 saturated carbocycles. The van der Waals surface area contributed by atoms with Crippen LogP contribution in [0.5, 0.6) is 0 Å². The molecule has 3 atom stereocenters. The Bertz CT molecular complexity index is 502. The molecule has 2 heterocycles. The van der Waals surface area contributed by atoms with Gasteiger partial charge in [0.05, 0.1) is 13.2 Å². The van der Waals surface area contributed by atoms with Gasteiger partial charge in [0.1, 0.15) is 12.0 Å². The van der Waals surface area contributed by atoms with E-state index in [0.717, 1.165) is 18.6 Å². The molecule has 1 N–H and O–H groups in total. The molecular formula is C15H19FN2O2. The van der Waals surface area contributed by atoms with Crippen molar-refractivity contribution in [1.29, 1.82) is 0 Å². The molecule has 0 aromatic heterocycles. The molecule has 2 aliphatic heterocycles. The van der Waals surface area contributed by atoms with Crippen LogP contribution in [0, 0.1) is 11.7 Å². The van der Waals surface area contributed by atoms with Crippen LogP contribution in [0.25, 0.3) is 0 Å². The van der Waals surface area contributed by atoms with E-state index >= 15 is 0 Å². The lowest BCUT2D eigenvalue weighted by Gasteiger charge is -2.33. The molecular weight excluding hydrogens is 259 g/mol. The van der Waals surface area contributed by atoms with Crippen LogP contribution in [0.1, 0.15) is 25.1 Å². The number of hydrogen-bond acceptors (Lipinski definition) is 3. The van der Waals surface area contributed by atoms with Gasteiger partial charge in [0.25, 0.3) is 0 Å². The summed E-state index contributed by atoms with van der Waals surface area (Å²) >= 11 is 0. The molecule has 0 aliphatic carbocycles. The molecule has 3 rings (SSSR count). The summed E-state index contributed by atoms with van der Waals surface area (Å²) in [5, 5.41) is 3.17. The fourth-order valence-electron chi connectivity index (χ4n) is 3.10. The Kier molecular flexibility index (Phi) is 3.72. The molecule has 0 radical (unpaired) electrons. The van der Waals surface area contributed by atoms with Crippen molar-refractivity contribution in [3.63, 3.8) is 0 Å². The van der Waals surface area contributed by atoms with E-state index < -0.39 is 0 Å². The third-order valence-corrected chi connectivity index (χ3v) is 4.26. The van der Waals surface area contributed by atoms with Crippen molar-refractivity contribution in [1.82, 2.24) is 10.2 Å². The summed E-state index contributed by atoms with van der Waals surface area (Å²) in [5.41, 5.74) is 0.793. The van der Waals surface area contributed by atoms with Crippen LogP contribution < -0.4 is 5.32 Å². The summed E-state index contributed by atoms with van der Waals surface area (Å²) in [4.78, 5) is 14.0. The first kappa shape index (κ1) is 13.5. The van der Waals surface area contributed by atoms with Crippen LogP contribution >= 0.6 is 0 Å². The van der Waals surface area contributed by atoms with E-state index in [9.17, 15) is 9.18 Å². The van der Waals surface area contributed by atoms with E-state index in [1.54, 1.807) is 6.07 Å². The maximum absolute atomic E-state index is 13.4. The standard InChI is InChI=1S/C15H19FN2O2/c1-10(12-5-6-20-9-12)18-14(19)8-17-15(18)11-3-2-4-13(16)7-11/h2-4,7,10,12,15,17H,5-6,8-9H2,1H3. The van der Waals surface area contributed by atoms with Crippen molar-refractivity contribution in [2.45, 2.75) is 25.6 Å². The van der Waals surface area contributed by atoms with Crippen molar-refractivity contribution in [3.05, 3.63) is 35.6 Å². The van der Waals surface area contributed by atoms with Crippen LogP contribution in [-0.4, -0.2) is 36.6 Å². The van der Waals surface area contributed by atoms with Crippen LogP contribution in [0.15, 0.2) is 24.3 Å². The molecule has 2 saturated heterocycles. The van der Waals surface area contributed by atoms with E-state index in [1.807, 2.05) is 11.0 Å². The number of carbonyl (C=O) groups excluding carboxylic acids is 1. The van der Waals surface area contributed by atoms with E-state index in [2.05, 4.69) is 12.2 Å². The summed E-state index contributed by atoms with van der Waals surface area (Å²) < 4.78 is 18.8. The van der Waals surface area contributed by atoms with Gasteiger partial charge in [0.15, 0.2) is 0 Å². The zero-order valence-electron chi connectivity index (χ0n) is 11.5. The largest absolute Gasteiger partial charge is 0.381 e. The quantitative estimate of drug-likeness (QED) is 0.914. The van der Waals surface area contributed by atoms with Crippen LogP contribution in [0.4, 0.5) is 4.39 Å². The summed E-state index contributed by atoms with van der Waals surface area (Å²) in [7, 11) is 0. The van der Waals surface area contributed by atoms with Gasteiger partial charge in [-0.2, -0.15) is 0 Å². The number of halogens is 1. The second-order valence-electron chi connectivity index (χ2n) is 5.50. The highest BCUT2D eigenvalue weighted by Gasteiger charge is 2.39. The van der Waals surface area contributed by atoms with E-state index in [0.29, 0.717) is 19.1 Å². The summed E-state index contributed by atoms with van der Waals surface area (Å²) in [5.74, 6) is 0.147. The predicted octanol–water partition coefficient (Wildman–Crippen LogP) is 1.68. The average molecular weight is 278 g/mol. The lowest BCUT2D eigenvalue weighted by Crippen LogP contribution is -2.42. The molecule has 3 unspecified atom stereocenters. The molecule has 5 heteroatoms. The van der Waals surface area contributed by atoms with E-state index in [4.69, 9.17) is 4.74 Å². The van der Waals surface area contributed by atoms with Crippen molar-refractivity contribution >= 4 is 5.91 Å². The molecule has 20 heavy (non-hydrogen) atoms. The number of ether oxygens (including phenoxy) is 1. The Labute approximate surface area is 117 Å². The van der Waals surface area contributed by atoms with E-state index in [-0.39, 0.29) is 23.9 Å². The number of benzene rings is 1. The third-order valence-electron chi connectivity index (χ3n) is 4.26. The number of nitrogens with one attached hydrogen (secondary N) is 1. The normalized spacial score (nSPS) is 28.1. The maximum Gasteiger partial charge on any atom is 0.238 e. The Morgan fingerprint density at radius 1 is 1.50 bits per heavy atom. The Hall–Kier alpha value is -1.46. The fraction of sp³-hybridized carbons (Fsp3) is 0.533. The first-order valence-electron chi connectivity index (χ1n) is 7.04. The van der Waals surface area contributed by atoms with Crippen LogP contribution in [-0.2, 0) is 9.53 Å². The lowest BCUT2D eigenvalue weighted by atomic mass is 9.98. The fourth-order valence-corrected chi connectivity index (χ4v) is 3.10. The highest BCUT2D eigenvalue weighted by molar-refractivity contribution is 5.81. The van der Waals surface area contributed by atoms with Crippen LogP contribution in [0.2, 0.25) is 0 Å². The monoisotopic (exact) mass is 278 g/mol. The number of nitrogens with zero attached hydrogens (tertiary/aromatic N) is 1. The van der Waals surface area contributed by atoms with Crippen LogP contribution in [0.3, 0.4) is 0 Å². The second kappa shape index (κ2) is 5.50. The van der Waals surface area contributed by atoms with Gasteiger partial charge in [0, 0.05) is 18.6 Å². The minimum Gasteiger partial charge on any atom is -0.381 e. The summed E-state index contributed by atoms with van der Waals surface area (Å²) in [6.07, 6.45) is 0.731. The molecule has 1 aromatic rings. The van der Waals surface area contributed by atoms with Gasteiger partial charge in [-0.1, -0.05) is 12.1 Å². The Balaban J connectivity index is 1.84. The predicted molar refractivity (Wildman–Crippen MR) is 72.4 cm³/mol. The molecule has 4 nitrogen and oxygen atoms in total. The van der Waals surface area contributed by atoms with Crippen molar-refractivity contribution < 1.29 is 13.9 Å². The van der Waals surface area contributed by atoms with Gasteiger partial charge in [-0.3, -0.25) is 10.1 Å². The number of hydrogen-bond donors (Lipinski definition) is 1. The lowest BCUT2D eigenvalue weighted by molar-refractivity contribution is -0.131. The molecule has 0 bridgehead atoms. The van der Waals surface area contributed by atoms with Crippen molar-refractivity contribution in [2.24, 2.45) is 5.92 Å². The van der Waals surface area contributed by atoms with Gasteiger partial charge < -0.3 is 9.64 Å². The smallest absolute Gasteiger partial charge is 0.238 e. The van der Waals surface area contributed by atoms with Gasteiger partial charge >= 0.3 is 0 Å². The minimum atomic E-state index is -0.277. The van der Waals surface area contributed by atoms with E-state index in [1.165, 1.54) is 12.1 Å². The average Bonchev–Trinajstić information content (AvgIpc) is 3.07. The molecule has 1 aromatic carbocycles. The zero-order chi connectivity index (χ0) is 14.1. The molecule has 2 aliphatic rings. The maximum atomic E-state index is 13.4. The Morgan fingerprint density at radius 3 is 3.05 bits per heavy atom. The van der Waals surface area contributed by atoms with Crippen molar-refractivity contribution in [2.75, 3.05) is 19.8 Å². The minimum absolute atomic E-state index is 0.0682. The first-order chi connectivity index (χ1) is 9.66. The zero-order valence-corrected chi connectivity index (χ0v) is 11.5. The summed E-state index contributed by atoms with van der Waals surface area (Å²) in [6, 6.07) is 6.52. The molecule has 108 valence electrons. The number of amides is 1. The molecule has 1 amide bonds. The number of rotatable bonds is 3. The van der Waals surface area contributed by atoms with Crippen molar-refractivity contribution in [3.8, 4) is 0 Å². The topological polar surface area (TPSA) is 41.6 Å². The van der Waals surface area contributed by atoms with Gasteiger partial charge in [0.2, 0.25) is 5.91 Å². The van der Waals surface area contributed by atoms with Gasteiger partial charge in [-0.25, -0.2) is 4.39 Å². The SMILES string of the molecule is CC(C1CCOC1)N1C(=O)CNC1c1cccc(F)c1. The van der Waals surface area contributed by atoms with Gasteiger partial charge in [-0.05, 0) is 31.0 Å². The first-order valence-corrected chi connectivity index (χ1v) is 7.04. The highest BCUT2D eigenvalue weighted by atomic mass is 19.1. The number of carbonyl (C=O) groups is 1. The Morgan fingerprint density at radius 2 is 2.35 bits per heavy atom. The highest BCUT2D eigenvalue weighted by Crippen LogP contribution is 2.30. The molecule has 2 fully saturated rings. The second-order valence-corrected chi connectivity index (χ2v) is 5.50. The summed E-state index contributed by atoms with van der Waals surface area (Å²) in [6.45, 7) is 3.81. The van der Waals surface area contributed by atoms with Gasteiger partial charge in [-0.15, -0.1) is 0 Å².